The van der Waals surface area contributed by atoms with Crippen LogP contribution in [0.15, 0.2) is 36.4 Å². The molecule has 98 valence electrons. The first-order chi connectivity index (χ1) is 8.97. The number of carboxylic acid groups (broad SMARTS) is 1. The molecule has 0 spiro atoms. The summed E-state index contributed by atoms with van der Waals surface area (Å²) >= 11 is 0. The van der Waals surface area contributed by atoms with Crippen LogP contribution in [0.2, 0.25) is 0 Å². The molecule has 2 nitrogen and oxygen atoms in total. The van der Waals surface area contributed by atoms with Crippen LogP contribution in [-0.2, 0) is 11.2 Å². The lowest BCUT2D eigenvalue weighted by atomic mass is 9.96. The molecule has 2 aromatic carbocycles. The van der Waals surface area contributed by atoms with Gasteiger partial charge in [-0.25, -0.2) is 4.39 Å². The topological polar surface area (TPSA) is 37.3 Å². The maximum Gasteiger partial charge on any atom is 0.307 e. The normalized spacial score (nSPS) is 10.5. The molecule has 0 radical (unpaired) electrons. The summed E-state index contributed by atoms with van der Waals surface area (Å²) in [5.74, 6) is -1.51. The van der Waals surface area contributed by atoms with Gasteiger partial charge in [-0.1, -0.05) is 29.8 Å². The summed E-state index contributed by atoms with van der Waals surface area (Å²) in [5, 5.41) is 8.78. The Morgan fingerprint density at radius 3 is 2.53 bits per heavy atom. The summed E-state index contributed by atoms with van der Waals surface area (Å²) in [6, 6.07) is 10.6. The first-order valence-corrected chi connectivity index (χ1v) is 6.05. The second kappa shape index (κ2) is 5.22. The third kappa shape index (κ3) is 2.99. The highest BCUT2D eigenvalue weighted by atomic mass is 19.1. The van der Waals surface area contributed by atoms with Gasteiger partial charge in [0.05, 0.1) is 6.42 Å². The average molecular weight is 258 g/mol. The molecule has 0 aromatic heterocycles. The van der Waals surface area contributed by atoms with E-state index in [1.165, 1.54) is 6.07 Å². The van der Waals surface area contributed by atoms with Gasteiger partial charge in [0.25, 0.3) is 0 Å². The third-order valence-electron chi connectivity index (χ3n) is 3.08. The van der Waals surface area contributed by atoms with Crippen molar-refractivity contribution < 1.29 is 14.3 Å². The zero-order chi connectivity index (χ0) is 14.0. The summed E-state index contributed by atoms with van der Waals surface area (Å²) in [7, 11) is 0. The molecule has 0 bridgehead atoms. The van der Waals surface area contributed by atoms with Gasteiger partial charge in [0.1, 0.15) is 5.82 Å². The van der Waals surface area contributed by atoms with Gasteiger partial charge in [0, 0.05) is 0 Å². The number of carboxylic acids is 1. The molecule has 19 heavy (non-hydrogen) atoms. The minimum Gasteiger partial charge on any atom is -0.481 e. The Kier molecular flexibility index (Phi) is 3.65. The van der Waals surface area contributed by atoms with Crippen LogP contribution >= 0.6 is 0 Å². The fraction of sp³-hybridized carbons (Fsp3) is 0.188. The summed E-state index contributed by atoms with van der Waals surface area (Å²) in [6.45, 7) is 4.00. The number of hydrogen-bond acceptors (Lipinski definition) is 1. The SMILES string of the molecule is Cc1ccc(-c2ccc(F)c(CC(=O)O)c2)c(C)c1. The van der Waals surface area contributed by atoms with Crippen molar-refractivity contribution >= 4 is 5.97 Å². The Balaban J connectivity index is 2.48. The number of aryl methyl sites for hydroxylation is 2. The first-order valence-electron chi connectivity index (χ1n) is 6.05. The van der Waals surface area contributed by atoms with Gasteiger partial charge in [-0.3, -0.25) is 4.79 Å². The molecule has 0 unspecified atom stereocenters. The quantitative estimate of drug-likeness (QED) is 0.910. The van der Waals surface area contributed by atoms with Crippen LogP contribution in [0.4, 0.5) is 4.39 Å². The maximum atomic E-state index is 13.5. The van der Waals surface area contributed by atoms with Gasteiger partial charge in [0.2, 0.25) is 0 Å². The Bertz CT molecular complexity index is 633. The molecule has 1 N–H and O–H groups in total. The number of aliphatic carboxylic acids is 1. The number of benzene rings is 2. The Morgan fingerprint density at radius 2 is 1.89 bits per heavy atom. The molecule has 0 aliphatic heterocycles. The molecule has 0 fully saturated rings. The zero-order valence-corrected chi connectivity index (χ0v) is 10.9. The van der Waals surface area contributed by atoms with Crippen LogP contribution in [0.25, 0.3) is 11.1 Å². The molecular formula is C16H15FO2. The standard InChI is InChI=1S/C16H15FO2/c1-10-3-5-14(11(2)7-10)12-4-6-15(17)13(8-12)9-16(18)19/h3-8H,9H2,1-2H3,(H,18,19). The third-order valence-corrected chi connectivity index (χ3v) is 3.08. The van der Waals surface area contributed by atoms with Crippen LogP contribution < -0.4 is 0 Å². The van der Waals surface area contributed by atoms with Crippen molar-refractivity contribution in [2.45, 2.75) is 20.3 Å². The molecule has 0 amide bonds. The van der Waals surface area contributed by atoms with E-state index in [-0.39, 0.29) is 12.0 Å². The molecule has 3 heteroatoms. The lowest BCUT2D eigenvalue weighted by molar-refractivity contribution is -0.136. The van der Waals surface area contributed by atoms with Crippen molar-refractivity contribution in [1.29, 1.82) is 0 Å². The molecule has 2 rings (SSSR count). The van der Waals surface area contributed by atoms with Crippen molar-refractivity contribution in [3.8, 4) is 11.1 Å². The van der Waals surface area contributed by atoms with E-state index >= 15 is 0 Å². The predicted octanol–water partition coefficient (Wildman–Crippen LogP) is 3.74. The highest BCUT2D eigenvalue weighted by molar-refractivity contribution is 5.73. The van der Waals surface area contributed by atoms with Gasteiger partial charge in [0.15, 0.2) is 0 Å². The predicted molar refractivity (Wildman–Crippen MR) is 72.6 cm³/mol. The van der Waals surface area contributed by atoms with E-state index < -0.39 is 11.8 Å². The average Bonchev–Trinajstić information content (AvgIpc) is 2.32. The van der Waals surface area contributed by atoms with Crippen LogP contribution in [0.3, 0.4) is 0 Å². The van der Waals surface area contributed by atoms with Crippen LogP contribution in [0.1, 0.15) is 16.7 Å². The van der Waals surface area contributed by atoms with Crippen LogP contribution in [-0.4, -0.2) is 11.1 Å². The van der Waals surface area contributed by atoms with Crippen molar-refractivity contribution in [2.24, 2.45) is 0 Å². The lowest BCUT2D eigenvalue weighted by Gasteiger charge is -2.09. The summed E-state index contributed by atoms with van der Waals surface area (Å²) < 4.78 is 13.5. The second-order valence-corrected chi connectivity index (χ2v) is 4.70. The largest absolute Gasteiger partial charge is 0.481 e. The van der Waals surface area contributed by atoms with E-state index in [1.807, 2.05) is 26.0 Å². The maximum absolute atomic E-state index is 13.5. The highest BCUT2D eigenvalue weighted by Crippen LogP contribution is 2.26. The Labute approximate surface area is 111 Å². The van der Waals surface area contributed by atoms with Gasteiger partial charge in [-0.2, -0.15) is 0 Å². The van der Waals surface area contributed by atoms with Gasteiger partial charge >= 0.3 is 5.97 Å². The summed E-state index contributed by atoms with van der Waals surface area (Å²) in [4.78, 5) is 10.7. The molecule has 0 saturated carbocycles. The number of hydrogen-bond donors (Lipinski definition) is 1. The molecule has 0 heterocycles. The summed E-state index contributed by atoms with van der Waals surface area (Å²) in [5.41, 5.74) is 4.30. The molecule has 2 aromatic rings. The van der Waals surface area contributed by atoms with Gasteiger partial charge in [-0.05, 0) is 48.2 Å². The van der Waals surface area contributed by atoms with E-state index in [4.69, 9.17) is 5.11 Å². The monoisotopic (exact) mass is 258 g/mol. The first kappa shape index (κ1) is 13.3. The van der Waals surface area contributed by atoms with E-state index in [0.717, 1.165) is 22.3 Å². The molecule has 0 saturated heterocycles. The van der Waals surface area contributed by atoms with Gasteiger partial charge in [-0.15, -0.1) is 0 Å². The summed E-state index contributed by atoms with van der Waals surface area (Å²) in [6.07, 6.45) is -0.301. The second-order valence-electron chi connectivity index (χ2n) is 4.70. The van der Waals surface area contributed by atoms with E-state index in [1.54, 1.807) is 12.1 Å². The molecule has 0 aliphatic carbocycles. The van der Waals surface area contributed by atoms with E-state index in [0.29, 0.717) is 0 Å². The number of rotatable bonds is 3. The van der Waals surface area contributed by atoms with Crippen LogP contribution in [0, 0.1) is 19.7 Å². The lowest BCUT2D eigenvalue weighted by Crippen LogP contribution is -2.02. The smallest absolute Gasteiger partial charge is 0.307 e. The molecule has 0 atom stereocenters. The van der Waals surface area contributed by atoms with Crippen molar-refractivity contribution in [3.63, 3.8) is 0 Å². The van der Waals surface area contributed by atoms with Crippen molar-refractivity contribution in [3.05, 3.63) is 58.9 Å². The van der Waals surface area contributed by atoms with Gasteiger partial charge < -0.3 is 5.11 Å². The number of carbonyl (C=O) groups is 1. The molecular weight excluding hydrogens is 243 g/mol. The fourth-order valence-electron chi connectivity index (χ4n) is 2.18. The van der Waals surface area contributed by atoms with E-state index in [9.17, 15) is 9.18 Å². The van der Waals surface area contributed by atoms with E-state index in [2.05, 4.69) is 6.07 Å². The highest BCUT2D eigenvalue weighted by Gasteiger charge is 2.10. The molecule has 0 aliphatic rings. The van der Waals surface area contributed by atoms with Crippen LogP contribution in [0.5, 0.6) is 0 Å². The zero-order valence-electron chi connectivity index (χ0n) is 10.9. The minimum absolute atomic E-state index is 0.213. The fourth-order valence-corrected chi connectivity index (χ4v) is 2.18. The Hall–Kier alpha value is -2.16. The van der Waals surface area contributed by atoms with Crippen molar-refractivity contribution in [1.82, 2.24) is 0 Å². The number of halogens is 1. The van der Waals surface area contributed by atoms with Crippen molar-refractivity contribution in [2.75, 3.05) is 0 Å². The minimum atomic E-state index is -1.03. The Morgan fingerprint density at radius 1 is 1.16 bits per heavy atom.